The second-order valence-electron chi connectivity index (χ2n) is 4.36. The zero-order valence-corrected chi connectivity index (χ0v) is 14.1. The van der Waals surface area contributed by atoms with Crippen molar-refractivity contribution in [3.05, 3.63) is 34.8 Å². The monoisotopic (exact) mass is 367 g/mol. The highest BCUT2D eigenvalue weighted by atomic mass is 79.9. The summed E-state index contributed by atoms with van der Waals surface area (Å²) in [5, 5.41) is 14.7. The Morgan fingerprint density at radius 3 is 2.95 bits per heavy atom. The summed E-state index contributed by atoms with van der Waals surface area (Å²) in [6.07, 6.45) is 1.73. The molecule has 1 heterocycles. The van der Waals surface area contributed by atoms with E-state index in [0.29, 0.717) is 37.1 Å². The Balaban J connectivity index is 2.22. The van der Waals surface area contributed by atoms with E-state index < -0.39 is 0 Å². The number of anilines is 1. The molecule has 0 unspecified atom stereocenters. The van der Waals surface area contributed by atoms with E-state index in [9.17, 15) is 0 Å². The minimum absolute atomic E-state index is 0.503. The summed E-state index contributed by atoms with van der Waals surface area (Å²) in [6.45, 7) is 7.21. The lowest BCUT2D eigenvalue weighted by Crippen LogP contribution is -2.10. The van der Waals surface area contributed by atoms with Crippen molar-refractivity contribution in [2.24, 2.45) is 0 Å². The number of ether oxygens (including phenoxy) is 2. The lowest BCUT2D eigenvalue weighted by atomic mass is 10.2. The number of allylic oxidation sites excluding steroid dienone is 1. The van der Waals surface area contributed by atoms with E-state index in [0.717, 1.165) is 10.0 Å². The Labute approximate surface area is 137 Å². The molecule has 8 heteroatoms. The number of tetrazole rings is 1. The fourth-order valence-corrected chi connectivity index (χ4v) is 2.45. The average Bonchev–Trinajstić information content (AvgIpc) is 2.95. The fourth-order valence-electron chi connectivity index (χ4n) is 1.96. The maximum atomic E-state index is 5.70. The van der Waals surface area contributed by atoms with Crippen molar-refractivity contribution in [3.63, 3.8) is 0 Å². The standard InChI is InChI=1S/C14H18BrN5O2/c1-4-6-20-14(17-18-19-20)16-9-10-7-11(15)8-12(21-3)13(10)22-5-2/h4,7-8H,1,5-6,9H2,2-3H3,(H,16,17,19). The highest BCUT2D eigenvalue weighted by molar-refractivity contribution is 9.10. The Kier molecular flexibility index (Phi) is 5.76. The molecule has 0 saturated heterocycles. The van der Waals surface area contributed by atoms with Gasteiger partial charge in [0.25, 0.3) is 0 Å². The van der Waals surface area contributed by atoms with Crippen molar-refractivity contribution >= 4 is 21.9 Å². The molecule has 1 N–H and O–H groups in total. The third kappa shape index (κ3) is 3.76. The predicted molar refractivity (Wildman–Crippen MR) is 87.2 cm³/mol. The van der Waals surface area contributed by atoms with E-state index in [1.165, 1.54) is 0 Å². The number of halogens is 1. The Hall–Kier alpha value is -2.09. The van der Waals surface area contributed by atoms with Gasteiger partial charge in [-0.2, -0.15) is 0 Å². The minimum Gasteiger partial charge on any atom is -0.493 e. The van der Waals surface area contributed by atoms with Crippen LogP contribution in [0.5, 0.6) is 11.5 Å². The number of rotatable bonds is 8. The van der Waals surface area contributed by atoms with Gasteiger partial charge in [-0.3, -0.25) is 0 Å². The molecule has 0 aliphatic carbocycles. The molecule has 0 spiro atoms. The first-order valence-corrected chi connectivity index (χ1v) is 7.59. The van der Waals surface area contributed by atoms with E-state index in [2.05, 4.69) is 43.4 Å². The molecule has 7 nitrogen and oxygen atoms in total. The largest absolute Gasteiger partial charge is 0.493 e. The quantitative estimate of drug-likeness (QED) is 0.723. The van der Waals surface area contributed by atoms with Crippen LogP contribution in [0, 0.1) is 0 Å². The van der Waals surface area contributed by atoms with E-state index >= 15 is 0 Å². The van der Waals surface area contributed by atoms with Gasteiger partial charge in [0.15, 0.2) is 11.5 Å². The smallest absolute Gasteiger partial charge is 0.243 e. The number of benzene rings is 1. The molecule has 22 heavy (non-hydrogen) atoms. The number of hydrogen-bond acceptors (Lipinski definition) is 6. The first-order valence-electron chi connectivity index (χ1n) is 6.79. The molecule has 0 fully saturated rings. The maximum absolute atomic E-state index is 5.70. The van der Waals surface area contributed by atoms with Gasteiger partial charge in [-0.25, -0.2) is 4.68 Å². The van der Waals surface area contributed by atoms with Crippen LogP contribution in [0.2, 0.25) is 0 Å². The van der Waals surface area contributed by atoms with Gasteiger partial charge in [-0.05, 0) is 29.5 Å². The summed E-state index contributed by atoms with van der Waals surface area (Å²) in [7, 11) is 1.62. The van der Waals surface area contributed by atoms with Gasteiger partial charge < -0.3 is 14.8 Å². The van der Waals surface area contributed by atoms with Gasteiger partial charge in [-0.1, -0.05) is 27.1 Å². The highest BCUT2D eigenvalue weighted by Gasteiger charge is 2.13. The van der Waals surface area contributed by atoms with E-state index in [-0.39, 0.29) is 0 Å². The van der Waals surface area contributed by atoms with Crippen molar-refractivity contribution in [3.8, 4) is 11.5 Å². The number of hydrogen-bond donors (Lipinski definition) is 1. The lowest BCUT2D eigenvalue weighted by molar-refractivity contribution is 0.308. The Morgan fingerprint density at radius 1 is 1.45 bits per heavy atom. The second-order valence-corrected chi connectivity index (χ2v) is 5.27. The second kappa shape index (κ2) is 7.79. The van der Waals surface area contributed by atoms with Gasteiger partial charge >= 0.3 is 0 Å². The van der Waals surface area contributed by atoms with Crippen molar-refractivity contribution in [2.45, 2.75) is 20.0 Å². The minimum atomic E-state index is 0.503. The number of aromatic nitrogens is 4. The van der Waals surface area contributed by atoms with E-state index in [1.807, 2.05) is 19.1 Å². The third-order valence-electron chi connectivity index (χ3n) is 2.88. The summed E-state index contributed by atoms with van der Waals surface area (Å²) in [6, 6.07) is 3.85. The molecule has 0 amide bonds. The van der Waals surface area contributed by atoms with Gasteiger partial charge in [-0.15, -0.1) is 6.58 Å². The molecule has 1 aromatic carbocycles. The topological polar surface area (TPSA) is 74.1 Å². The van der Waals surface area contributed by atoms with Gasteiger partial charge in [0.1, 0.15) is 0 Å². The summed E-state index contributed by atoms with van der Waals surface area (Å²) in [5.74, 6) is 1.96. The molecule has 118 valence electrons. The highest BCUT2D eigenvalue weighted by Crippen LogP contribution is 2.35. The molecule has 0 saturated carbocycles. The van der Waals surface area contributed by atoms with Crippen molar-refractivity contribution in [1.82, 2.24) is 20.2 Å². The molecular formula is C14H18BrN5O2. The third-order valence-corrected chi connectivity index (χ3v) is 3.33. The van der Waals surface area contributed by atoms with Crippen molar-refractivity contribution in [1.29, 1.82) is 0 Å². The van der Waals surface area contributed by atoms with Crippen LogP contribution in [0.15, 0.2) is 29.3 Å². The molecular weight excluding hydrogens is 350 g/mol. The number of methoxy groups -OCH3 is 1. The van der Waals surface area contributed by atoms with Crippen LogP contribution in [0.1, 0.15) is 12.5 Å². The van der Waals surface area contributed by atoms with Crippen LogP contribution >= 0.6 is 15.9 Å². The van der Waals surface area contributed by atoms with Crippen LogP contribution in [0.3, 0.4) is 0 Å². The molecule has 1 aromatic heterocycles. The maximum Gasteiger partial charge on any atom is 0.243 e. The molecule has 0 atom stereocenters. The molecule has 0 bridgehead atoms. The van der Waals surface area contributed by atoms with Crippen LogP contribution < -0.4 is 14.8 Å². The number of nitrogens with zero attached hydrogens (tertiary/aromatic N) is 4. The first-order chi connectivity index (χ1) is 10.7. The molecule has 0 aliphatic heterocycles. The average molecular weight is 368 g/mol. The van der Waals surface area contributed by atoms with Crippen LogP contribution in [0.4, 0.5) is 5.95 Å². The van der Waals surface area contributed by atoms with E-state index in [4.69, 9.17) is 9.47 Å². The predicted octanol–water partition coefficient (Wildman–Crippen LogP) is 2.64. The van der Waals surface area contributed by atoms with Crippen LogP contribution in [-0.4, -0.2) is 33.9 Å². The summed E-state index contributed by atoms with van der Waals surface area (Å²) in [5.41, 5.74) is 0.946. The Bertz CT molecular complexity index is 644. The first kappa shape index (κ1) is 16.3. The van der Waals surface area contributed by atoms with Crippen LogP contribution in [0.25, 0.3) is 0 Å². The zero-order chi connectivity index (χ0) is 15.9. The molecule has 0 radical (unpaired) electrons. The lowest BCUT2D eigenvalue weighted by Gasteiger charge is -2.15. The Morgan fingerprint density at radius 2 is 2.27 bits per heavy atom. The van der Waals surface area contributed by atoms with Crippen molar-refractivity contribution in [2.75, 3.05) is 19.0 Å². The number of nitrogens with one attached hydrogen (secondary N) is 1. The zero-order valence-electron chi connectivity index (χ0n) is 12.5. The summed E-state index contributed by atoms with van der Waals surface area (Å²) >= 11 is 3.48. The van der Waals surface area contributed by atoms with E-state index in [1.54, 1.807) is 17.9 Å². The van der Waals surface area contributed by atoms with Gasteiger partial charge in [0.05, 0.1) is 20.3 Å². The fraction of sp³-hybridized carbons (Fsp3) is 0.357. The molecule has 2 rings (SSSR count). The van der Waals surface area contributed by atoms with Crippen LogP contribution in [-0.2, 0) is 13.1 Å². The summed E-state index contributed by atoms with van der Waals surface area (Å²) < 4.78 is 13.6. The van der Waals surface area contributed by atoms with Gasteiger partial charge in [0, 0.05) is 16.6 Å². The normalized spacial score (nSPS) is 10.3. The summed E-state index contributed by atoms with van der Waals surface area (Å²) in [4.78, 5) is 0. The SMILES string of the molecule is C=CCn1nnnc1NCc1cc(Br)cc(OC)c1OCC. The molecule has 2 aromatic rings. The van der Waals surface area contributed by atoms with Gasteiger partial charge in [0.2, 0.25) is 5.95 Å². The molecule has 0 aliphatic rings. The van der Waals surface area contributed by atoms with Crippen molar-refractivity contribution < 1.29 is 9.47 Å².